The number of likely N-dealkylation sites (N-methyl/N-ethyl adjacent to an activating group) is 2. The van der Waals surface area contributed by atoms with Crippen molar-refractivity contribution in [2.24, 2.45) is 7.05 Å². The van der Waals surface area contributed by atoms with Crippen LogP contribution in [0.1, 0.15) is 64.0 Å². The monoisotopic (exact) mass is 1560 g/mol. The van der Waals surface area contributed by atoms with Gasteiger partial charge in [-0.05, 0) is 77.3 Å². The van der Waals surface area contributed by atoms with Crippen LogP contribution in [0.3, 0.4) is 0 Å². The molecule has 10 rings (SSSR count). The van der Waals surface area contributed by atoms with Crippen molar-refractivity contribution in [2.45, 2.75) is 128 Å². The van der Waals surface area contributed by atoms with Crippen LogP contribution < -0.4 is 31.9 Å². The fraction of sp³-hybridized carbons (Fsp3) is 0.479. The molecule has 3 aliphatic heterocycles. The van der Waals surface area contributed by atoms with Crippen molar-refractivity contribution in [3.05, 3.63) is 101 Å². The molecule has 48 heteroatoms. The van der Waals surface area contributed by atoms with Crippen molar-refractivity contribution in [1.82, 2.24) is 62.4 Å². The van der Waals surface area contributed by atoms with Crippen molar-refractivity contribution in [3.63, 3.8) is 0 Å². The van der Waals surface area contributed by atoms with Gasteiger partial charge in [0.2, 0.25) is 29.5 Å². The van der Waals surface area contributed by atoms with Crippen LogP contribution in [0.25, 0.3) is 28.0 Å². The first-order chi connectivity index (χ1) is 43.5. The molecule has 1 saturated heterocycles. The minimum absolute atomic E-state index is 0.0225. The lowest BCUT2D eigenvalue weighted by atomic mass is 9.82. The number of alkyl halides is 18. The highest BCUT2D eigenvalue weighted by atomic mass is 79.9. The summed E-state index contributed by atoms with van der Waals surface area (Å²) in [4.78, 5) is 71.8. The van der Waals surface area contributed by atoms with Gasteiger partial charge in [-0.25, -0.2) is 19.4 Å². The summed E-state index contributed by atoms with van der Waals surface area (Å²) in [6.45, 7) is 5.47. The lowest BCUT2D eigenvalue weighted by Crippen LogP contribution is -2.41. The van der Waals surface area contributed by atoms with Crippen molar-refractivity contribution in [3.8, 4) is 22.3 Å². The summed E-state index contributed by atoms with van der Waals surface area (Å²) in [6, 6.07) is 0. The van der Waals surface area contributed by atoms with Gasteiger partial charge < -0.3 is 13.9 Å². The second kappa shape index (κ2) is 28.3. The molecule has 0 aromatic carbocycles. The number of amides is 2. The highest BCUT2D eigenvalue weighted by Crippen LogP contribution is 2.61. The molecule has 1 fully saturated rings. The first kappa shape index (κ1) is 78.3. The van der Waals surface area contributed by atoms with Gasteiger partial charge in [-0.3, -0.25) is 61.5 Å². The van der Waals surface area contributed by atoms with Gasteiger partial charge >= 0.3 is 49.4 Å². The third-order valence-corrected chi connectivity index (χ3v) is 14.9. The minimum atomic E-state index is -5.02. The summed E-state index contributed by atoms with van der Waals surface area (Å²) in [5.74, 6) is -2.18. The SMILES string of the molecule is CC1(C)OB(c2cnn(CCC(F)(F)F)c2)OC1(C)C.CN1C(=O)Cn2c1nc(C(F)(F)F)c(-c1cnn(CCC(F)(F)F)c1)c2=O.CN1C(=O)Cn2c1nc(C(F)(F)F)c(Br)c2=O.Cn1c(Cl)cn2c(=O)c(-c3cnn(CCC(F)(F)F)c3)c(C(F)(F)F)nc12.O=P(Cl)(Cl)Cl. The molecule has 0 atom stereocenters. The van der Waals surface area contributed by atoms with Crippen LogP contribution in [-0.2, 0) is 81.8 Å². The molecule has 7 aromatic heterocycles. The zero-order chi connectivity index (χ0) is 72.9. The Morgan fingerprint density at radius 3 is 1.29 bits per heavy atom. The number of halogens is 23. The molecule has 23 nitrogen and oxygen atoms in total. The Hall–Kier alpha value is -6.66. The Bertz CT molecular complexity index is 4260. The van der Waals surface area contributed by atoms with E-state index in [1.54, 1.807) is 0 Å². The van der Waals surface area contributed by atoms with E-state index in [1.807, 2.05) is 27.7 Å². The van der Waals surface area contributed by atoms with Gasteiger partial charge in [0, 0.05) is 82.2 Å². The van der Waals surface area contributed by atoms with Crippen LogP contribution in [0.5, 0.6) is 0 Å². The van der Waals surface area contributed by atoms with E-state index >= 15 is 0 Å². The van der Waals surface area contributed by atoms with Gasteiger partial charge in [0.25, 0.3) is 16.7 Å². The van der Waals surface area contributed by atoms with Crippen LogP contribution in [0.4, 0.5) is 90.9 Å². The quantitative estimate of drug-likeness (QED) is 0.0742. The number of rotatable bonds is 9. The van der Waals surface area contributed by atoms with E-state index in [2.05, 4.69) is 79.9 Å². The molecule has 96 heavy (non-hydrogen) atoms. The number of nitrogens with zero attached hydrogens (tertiary/aromatic N) is 15. The molecule has 0 radical (unpaired) electrons. The van der Waals surface area contributed by atoms with Crippen molar-refractivity contribution in [1.29, 1.82) is 0 Å². The van der Waals surface area contributed by atoms with Crippen LogP contribution >= 0.6 is 66.5 Å². The number of aromatic nitrogens is 13. The average Bonchev–Trinajstić information content (AvgIpc) is 1.62. The number of hydrogen-bond acceptors (Lipinski definition) is 14. The zero-order valence-corrected chi connectivity index (χ0v) is 54.9. The molecule has 0 aliphatic carbocycles. The largest absolute Gasteiger partial charge is 0.498 e. The van der Waals surface area contributed by atoms with Gasteiger partial charge in [-0.15, -0.1) is 0 Å². The summed E-state index contributed by atoms with van der Waals surface area (Å²) >= 11 is 22.2. The van der Waals surface area contributed by atoms with Crippen LogP contribution in [0.2, 0.25) is 5.15 Å². The Morgan fingerprint density at radius 1 is 0.542 bits per heavy atom. The second-order valence-electron chi connectivity index (χ2n) is 21.3. The number of fused-ring (bicyclic) bond motifs is 3. The predicted octanol–water partition coefficient (Wildman–Crippen LogP) is 11.5. The summed E-state index contributed by atoms with van der Waals surface area (Å²) in [5, 5.41) is 7.86. The maximum atomic E-state index is 13.5. The first-order valence-corrected chi connectivity index (χ1v) is 31.9. The molecule has 3 aliphatic rings. The second-order valence-corrected chi connectivity index (χ2v) is 29.1. The number of anilines is 2. The molecular weight excluding hydrogens is 1520 g/mol. The number of aryl methyl sites for hydroxylation is 4. The van der Waals surface area contributed by atoms with Crippen LogP contribution in [0, 0.1) is 0 Å². The standard InChI is InChI=1S/C14H10ClF6N5O.C14H11F6N5O2.C12H18BF3N2O2.C8H5BrF3N3O2.Cl3OP/c1-24-8(15)6-26-11(27)9(10(14(19,20)21)23-12(24)26)7-4-22-25(5-7)3-2-13(16,17)18;1-23-8(26)6-25-11(27)9(10(14(18,19)20)22-12(23)25)7-4-21-24(5-7)3-2-13(15,16)17;1-10(2)11(3,4)20-13(19-10)9-7-17-18(8-9)6-5-12(14,15)16;1-14-3(16)2-15-6(17)4(9)5(8(10,11)12)13-7(14)15;1-5(2,3)4/h4-6H,2-3H2,1H3;4-5H,2-3,6H2,1H3;7-8H,5-6H2,1-4H3;2H2,1H3;. The van der Waals surface area contributed by atoms with Gasteiger partial charge in [0.15, 0.2) is 17.1 Å². The highest BCUT2D eigenvalue weighted by molar-refractivity contribution is 9.10. The number of carbonyl (C=O) groups is 2. The third kappa shape index (κ3) is 19.4. The molecule has 0 saturated carbocycles. The zero-order valence-electron chi connectivity index (χ0n) is 49.4. The van der Waals surface area contributed by atoms with Crippen LogP contribution in [-0.4, -0.2) is 125 Å². The topological polar surface area (TPSA) is 239 Å². The number of carbonyl (C=O) groups excluding carboxylic acids is 2. The number of imidazole rings is 1. The lowest BCUT2D eigenvalue weighted by Gasteiger charge is -2.32. The molecule has 0 spiro atoms. The molecule has 0 N–H and O–H groups in total. The molecule has 10 heterocycles. The first-order valence-electron chi connectivity index (χ1n) is 26.3. The maximum Gasteiger partial charge on any atom is 0.498 e. The van der Waals surface area contributed by atoms with Crippen molar-refractivity contribution in [2.75, 3.05) is 23.9 Å². The summed E-state index contributed by atoms with van der Waals surface area (Å²) < 4.78 is 256. The third-order valence-electron chi connectivity index (χ3n) is 13.8. The normalized spacial score (nSPS) is 15.6. The van der Waals surface area contributed by atoms with E-state index in [1.165, 1.54) is 38.2 Å². The molecule has 7 aromatic rings. The smallest absolute Gasteiger partial charge is 0.399 e. The van der Waals surface area contributed by atoms with Crippen molar-refractivity contribution < 1.29 is 102 Å². The summed E-state index contributed by atoms with van der Waals surface area (Å²) in [6.07, 6.45) is -23.5. The Kier molecular flexibility index (Phi) is 23.1. The predicted molar refractivity (Wildman–Crippen MR) is 310 cm³/mol. The highest BCUT2D eigenvalue weighted by Gasteiger charge is 2.52. The van der Waals surface area contributed by atoms with E-state index in [4.69, 9.17) is 20.9 Å². The van der Waals surface area contributed by atoms with Gasteiger partial charge in [-0.1, -0.05) is 11.6 Å². The fourth-order valence-corrected chi connectivity index (χ4v) is 9.11. The van der Waals surface area contributed by atoms with Gasteiger partial charge in [0.1, 0.15) is 22.7 Å². The maximum absolute atomic E-state index is 13.5. The molecule has 0 unspecified atom stereocenters. The van der Waals surface area contributed by atoms with E-state index in [-0.39, 0.29) is 41.1 Å². The van der Waals surface area contributed by atoms with E-state index < -0.39 is 167 Å². The van der Waals surface area contributed by atoms with E-state index in [9.17, 15) is 108 Å². The Balaban J connectivity index is 0.000000200. The van der Waals surface area contributed by atoms with Crippen LogP contribution in [0.15, 0.2) is 62.2 Å². The summed E-state index contributed by atoms with van der Waals surface area (Å²) in [7, 11) is 3.18. The van der Waals surface area contributed by atoms with Crippen molar-refractivity contribution >= 4 is 109 Å². The minimum Gasteiger partial charge on any atom is -0.399 e. The average molecular weight is 1560 g/mol. The van der Waals surface area contributed by atoms with E-state index in [0.29, 0.717) is 5.46 Å². The van der Waals surface area contributed by atoms with E-state index in [0.717, 1.165) is 68.2 Å². The molecule has 528 valence electrons. The summed E-state index contributed by atoms with van der Waals surface area (Å²) in [5.41, 5.74) is -10.1. The molecular formula is C48H44BBrCl4F18N15O8P. The number of hydrogen-bond donors (Lipinski definition) is 0. The van der Waals surface area contributed by atoms with Gasteiger partial charge in [-0.2, -0.15) is 94.3 Å². The Labute approximate surface area is 553 Å². The van der Waals surface area contributed by atoms with Gasteiger partial charge in [0.05, 0.1) is 60.2 Å². The molecule has 2 amide bonds. The molecule has 0 bridgehead atoms. The lowest BCUT2D eigenvalue weighted by molar-refractivity contribution is -0.142. The Morgan fingerprint density at radius 2 is 0.896 bits per heavy atom. The fourth-order valence-electron chi connectivity index (χ4n) is 8.41.